The first kappa shape index (κ1) is 16.1. The number of morpholine rings is 1. The van der Waals surface area contributed by atoms with Crippen molar-refractivity contribution in [2.24, 2.45) is 5.92 Å². The zero-order chi connectivity index (χ0) is 15.2. The smallest absolute Gasteiger partial charge is 0.328 e. The molecule has 6 nitrogen and oxygen atoms in total. The number of urea groups is 1. The normalized spacial score (nSPS) is 30.0. The molecule has 0 radical (unpaired) electrons. The lowest BCUT2D eigenvalue weighted by atomic mass is 9.83. The van der Waals surface area contributed by atoms with Gasteiger partial charge in [-0.3, -0.25) is 0 Å². The molecule has 1 saturated heterocycles. The summed E-state index contributed by atoms with van der Waals surface area (Å²) in [6, 6.07) is -0.942. The van der Waals surface area contributed by atoms with E-state index in [1.54, 1.807) is 0 Å². The zero-order valence-corrected chi connectivity index (χ0v) is 12.7. The number of hydrogen-bond donors (Lipinski definition) is 2. The van der Waals surface area contributed by atoms with Gasteiger partial charge in [-0.05, 0) is 31.6 Å². The predicted octanol–water partition coefficient (Wildman–Crippen LogP) is 1.84. The first-order valence-electron chi connectivity index (χ1n) is 7.99. The van der Waals surface area contributed by atoms with Crippen LogP contribution in [-0.2, 0) is 9.53 Å². The molecule has 120 valence electrons. The van der Waals surface area contributed by atoms with E-state index in [-0.39, 0.29) is 18.7 Å². The standard InChI is InChI=1S/C15H26N2O4/c1-2-3-11-4-6-12(7-5-11)16-15(20)17-8-9-21-10-13(17)14(18)19/h11-13H,2-10H2,1H3,(H,16,20)(H,18,19). The van der Waals surface area contributed by atoms with Gasteiger partial charge in [0, 0.05) is 12.6 Å². The van der Waals surface area contributed by atoms with Crippen molar-refractivity contribution < 1.29 is 19.4 Å². The van der Waals surface area contributed by atoms with Gasteiger partial charge >= 0.3 is 12.0 Å². The number of carbonyl (C=O) groups excluding carboxylic acids is 1. The summed E-state index contributed by atoms with van der Waals surface area (Å²) in [5, 5.41) is 12.2. The fraction of sp³-hybridized carbons (Fsp3) is 0.867. The summed E-state index contributed by atoms with van der Waals surface area (Å²) in [6.45, 7) is 3.03. The van der Waals surface area contributed by atoms with Gasteiger partial charge in [0.25, 0.3) is 0 Å². The lowest BCUT2D eigenvalue weighted by Crippen LogP contribution is -2.57. The molecule has 6 heteroatoms. The van der Waals surface area contributed by atoms with Gasteiger partial charge in [-0.15, -0.1) is 0 Å². The third kappa shape index (κ3) is 4.33. The molecule has 0 aromatic carbocycles. The zero-order valence-electron chi connectivity index (χ0n) is 12.7. The molecule has 1 saturated carbocycles. The van der Waals surface area contributed by atoms with Crippen molar-refractivity contribution in [1.29, 1.82) is 0 Å². The van der Waals surface area contributed by atoms with Crippen molar-refractivity contribution in [3.8, 4) is 0 Å². The maximum absolute atomic E-state index is 12.3. The van der Waals surface area contributed by atoms with Crippen LogP contribution >= 0.6 is 0 Å². The Bertz CT molecular complexity index is 367. The highest BCUT2D eigenvalue weighted by molar-refractivity contribution is 5.83. The molecular weight excluding hydrogens is 272 g/mol. The summed E-state index contributed by atoms with van der Waals surface area (Å²) >= 11 is 0. The number of carboxylic acids is 1. The van der Waals surface area contributed by atoms with Crippen molar-refractivity contribution in [2.45, 2.75) is 57.5 Å². The van der Waals surface area contributed by atoms with E-state index in [0.29, 0.717) is 13.2 Å². The minimum Gasteiger partial charge on any atom is -0.480 e. The van der Waals surface area contributed by atoms with Crippen LogP contribution in [0.2, 0.25) is 0 Å². The van der Waals surface area contributed by atoms with E-state index < -0.39 is 12.0 Å². The van der Waals surface area contributed by atoms with E-state index in [2.05, 4.69) is 12.2 Å². The highest BCUT2D eigenvalue weighted by Crippen LogP contribution is 2.27. The predicted molar refractivity (Wildman–Crippen MR) is 78.1 cm³/mol. The second kappa shape index (κ2) is 7.64. The molecule has 1 heterocycles. The number of aliphatic carboxylic acids is 1. The first-order chi connectivity index (χ1) is 10.1. The largest absolute Gasteiger partial charge is 0.480 e. The van der Waals surface area contributed by atoms with Crippen LogP contribution in [0.25, 0.3) is 0 Å². The summed E-state index contributed by atoms with van der Waals surface area (Å²) in [5.41, 5.74) is 0. The topological polar surface area (TPSA) is 78.9 Å². The average molecular weight is 298 g/mol. The van der Waals surface area contributed by atoms with Crippen LogP contribution in [0.5, 0.6) is 0 Å². The molecule has 2 rings (SSSR count). The molecule has 0 aromatic heterocycles. The van der Waals surface area contributed by atoms with Gasteiger partial charge in [-0.2, -0.15) is 0 Å². The molecular formula is C15H26N2O4. The van der Waals surface area contributed by atoms with Gasteiger partial charge < -0.3 is 20.1 Å². The number of nitrogens with one attached hydrogen (secondary N) is 1. The Morgan fingerprint density at radius 3 is 2.62 bits per heavy atom. The molecule has 2 fully saturated rings. The fourth-order valence-electron chi connectivity index (χ4n) is 3.31. The third-order valence-corrected chi connectivity index (χ3v) is 4.55. The van der Waals surface area contributed by atoms with Crippen LogP contribution in [0.4, 0.5) is 4.79 Å². The lowest BCUT2D eigenvalue weighted by molar-refractivity contribution is -0.147. The number of carboxylic acid groups (broad SMARTS) is 1. The Hall–Kier alpha value is -1.30. The fourth-order valence-corrected chi connectivity index (χ4v) is 3.31. The van der Waals surface area contributed by atoms with Crippen molar-refractivity contribution in [1.82, 2.24) is 10.2 Å². The van der Waals surface area contributed by atoms with E-state index in [4.69, 9.17) is 9.84 Å². The van der Waals surface area contributed by atoms with E-state index in [0.717, 1.165) is 31.6 Å². The first-order valence-corrected chi connectivity index (χ1v) is 7.99. The Balaban J connectivity index is 1.82. The summed E-state index contributed by atoms with van der Waals surface area (Å²) in [6.07, 6.45) is 6.80. The Morgan fingerprint density at radius 2 is 2.00 bits per heavy atom. The van der Waals surface area contributed by atoms with Crippen LogP contribution in [0.1, 0.15) is 45.4 Å². The number of nitrogens with zero attached hydrogens (tertiary/aromatic N) is 1. The van der Waals surface area contributed by atoms with Crippen LogP contribution in [-0.4, -0.2) is 53.8 Å². The number of hydrogen-bond acceptors (Lipinski definition) is 3. The minimum absolute atomic E-state index is 0.0754. The molecule has 1 unspecified atom stereocenters. The monoisotopic (exact) mass is 298 g/mol. The molecule has 2 amide bonds. The second-order valence-electron chi connectivity index (χ2n) is 6.08. The van der Waals surface area contributed by atoms with Gasteiger partial charge in [-0.25, -0.2) is 9.59 Å². The van der Waals surface area contributed by atoms with Crippen molar-refractivity contribution in [3.63, 3.8) is 0 Å². The summed E-state index contributed by atoms with van der Waals surface area (Å²) in [7, 11) is 0. The SMILES string of the molecule is CCCC1CCC(NC(=O)N2CCOCC2C(=O)O)CC1. The Kier molecular flexibility index (Phi) is 5.85. The van der Waals surface area contributed by atoms with Gasteiger partial charge in [0.2, 0.25) is 0 Å². The van der Waals surface area contributed by atoms with Gasteiger partial charge in [0.1, 0.15) is 0 Å². The average Bonchev–Trinajstić information content (AvgIpc) is 2.49. The summed E-state index contributed by atoms with van der Waals surface area (Å²) < 4.78 is 5.15. The molecule has 2 N–H and O–H groups in total. The van der Waals surface area contributed by atoms with Gasteiger partial charge in [0.05, 0.1) is 13.2 Å². The van der Waals surface area contributed by atoms with E-state index in [1.165, 1.54) is 17.7 Å². The van der Waals surface area contributed by atoms with Crippen molar-refractivity contribution in [2.75, 3.05) is 19.8 Å². The summed E-state index contributed by atoms with van der Waals surface area (Å²) in [4.78, 5) is 24.9. The van der Waals surface area contributed by atoms with Crippen LogP contribution in [0.15, 0.2) is 0 Å². The summed E-state index contributed by atoms with van der Waals surface area (Å²) in [5.74, 6) is -0.213. The third-order valence-electron chi connectivity index (χ3n) is 4.55. The molecule has 2 aliphatic rings. The molecule has 1 aliphatic heterocycles. The van der Waals surface area contributed by atoms with Crippen LogP contribution in [0, 0.1) is 5.92 Å². The number of rotatable bonds is 4. The molecule has 21 heavy (non-hydrogen) atoms. The maximum atomic E-state index is 12.3. The number of amides is 2. The second-order valence-corrected chi connectivity index (χ2v) is 6.08. The quantitative estimate of drug-likeness (QED) is 0.830. The van der Waals surface area contributed by atoms with Crippen LogP contribution in [0.3, 0.4) is 0 Å². The highest BCUT2D eigenvalue weighted by atomic mass is 16.5. The molecule has 0 spiro atoms. The molecule has 0 aromatic rings. The highest BCUT2D eigenvalue weighted by Gasteiger charge is 2.34. The molecule has 1 atom stereocenters. The minimum atomic E-state index is -1.00. The maximum Gasteiger partial charge on any atom is 0.328 e. The van der Waals surface area contributed by atoms with Gasteiger partial charge in [0.15, 0.2) is 6.04 Å². The number of carbonyl (C=O) groups is 2. The van der Waals surface area contributed by atoms with Crippen molar-refractivity contribution in [3.05, 3.63) is 0 Å². The Morgan fingerprint density at radius 1 is 1.29 bits per heavy atom. The van der Waals surface area contributed by atoms with Gasteiger partial charge in [-0.1, -0.05) is 19.8 Å². The van der Waals surface area contributed by atoms with E-state index in [9.17, 15) is 9.59 Å². The number of ether oxygens (including phenoxy) is 1. The van der Waals surface area contributed by atoms with E-state index in [1.807, 2.05) is 0 Å². The molecule has 0 bridgehead atoms. The van der Waals surface area contributed by atoms with E-state index >= 15 is 0 Å². The van der Waals surface area contributed by atoms with Crippen LogP contribution < -0.4 is 5.32 Å². The Labute approximate surface area is 125 Å². The molecule has 1 aliphatic carbocycles. The van der Waals surface area contributed by atoms with Crippen molar-refractivity contribution >= 4 is 12.0 Å². The lowest BCUT2D eigenvalue weighted by Gasteiger charge is -2.35.